The van der Waals surface area contributed by atoms with Crippen LogP contribution < -0.4 is 15.2 Å². The SMILES string of the molecule is COc1cccc(OC)c1C1O[C@@H](C(=O)OC(=O)C(C)(C)C)C(CC(C)C)B1OCN. The molecule has 0 aliphatic carbocycles. The van der Waals surface area contributed by atoms with Gasteiger partial charge in [-0.15, -0.1) is 0 Å². The van der Waals surface area contributed by atoms with Crippen molar-refractivity contribution in [3.8, 4) is 11.5 Å². The molecule has 0 bridgehead atoms. The van der Waals surface area contributed by atoms with E-state index < -0.39 is 36.4 Å². The van der Waals surface area contributed by atoms with Crippen molar-refractivity contribution >= 4 is 18.9 Å². The van der Waals surface area contributed by atoms with Gasteiger partial charge >= 0.3 is 18.9 Å². The molecule has 0 amide bonds. The summed E-state index contributed by atoms with van der Waals surface area (Å²) in [6.45, 7) is 8.53. The molecule has 1 saturated heterocycles. The molecule has 2 N–H and O–H groups in total. The van der Waals surface area contributed by atoms with E-state index in [1.54, 1.807) is 53.2 Å². The summed E-state index contributed by atoms with van der Waals surface area (Å²) in [6.07, 6.45) is -0.382. The molecule has 0 saturated carbocycles. The van der Waals surface area contributed by atoms with Crippen LogP contribution in [0.25, 0.3) is 0 Å². The van der Waals surface area contributed by atoms with E-state index in [9.17, 15) is 9.59 Å². The largest absolute Gasteiger partial charge is 0.496 e. The van der Waals surface area contributed by atoms with Crippen LogP contribution in [0, 0.1) is 11.3 Å². The Hall–Kier alpha value is -2.10. The number of nitrogens with two attached hydrogens (primary N) is 1. The zero-order valence-corrected chi connectivity index (χ0v) is 19.5. The van der Waals surface area contributed by atoms with Crippen molar-refractivity contribution in [1.29, 1.82) is 0 Å². The van der Waals surface area contributed by atoms with Gasteiger partial charge in [0.1, 0.15) is 11.5 Å². The maximum absolute atomic E-state index is 13.0. The first kappa shape index (κ1) is 25.2. The van der Waals surface area contributed by atoms with Gasteiger partial charge in [-0.3, -0.25) is 4.79 Å². The highest BCUT2D eigenvalue weighted by Crippen LogP contribution is 2.48. The second kappa shape index (κ2) is 10.5. The number of carbonyl (C=O) groups is 2. The average molecular weight is 435 g/mol. The van der Waals surface area contributed by atoms with Crippen LogP contribution in [0.1, 0.15) is 52.6 Å². The number of ether oxygens (including phenoxy) is 4. The fraction of sp³-hybridized carbons (Fsp3) is 0.636. The summed E-state index contributed by atoms with van der Waals surface area (Å²) >= 11 is 0. The lowest BCUT2D eigenvalue weighted by Crippen LogP contribution is -2.36. The molecule has 0 spiro atoms. The first-order valence-electron chi connectivity index (χ1n) is 10.5. The number of esters is 2. The summed E-state index contributed by atoms with van der Waals surface area (Å²) in [7, 11) is 3.09. The molecule has 1 aliphatic rings. The first-order chi connectivity index (χ1) is 14.5. The highest BCUT2D eigenvalue weighted by atomic mass is 16.6. The summed E-state index contributed by atoms with van der Waals surface area (Å²) in [5, 5.41) is 0. The third-order valence-electron chi connectivity index (χ3n) is 5.22. The molecule has 9 heteroatoms. The number of methoxy groups -OCH3 is 2. The van der Waals surface area contributed by atoms with Gasteiger partial charge in [-0.05, 0) is 45.2 Å². The molecule has 0 aromatic heterocycles. The second-order valence-electron chi connectivity index (χ2n) is 9.10. The molecule has 1 aromatic carbocycles. The van der Waals surface area contributed by atoms with Gasteiger partial charge in [0.2, 0.25) is 0 Å². The molecule has 8 nitrogen and oxygen atoms in total. The van der Waals surface area contributed by atoms with Crippen molar-refractivity contribution in [3.05, 3.63) is 23.8 Å². The average Bonchev–Trinajstić information content (AvgIpc) is 3.04. The fourth-order valence-corrected chi connectivity index (χ4v) is 3.78. The second-order valence-corrected chi connectivity index (χ2v) is 9.10. The topological polar surface area (TPSA) is 106 Å². The molecular formula is C22H34BNO7. The third kappa shape index (κ3) is 5.78. The summed E-state index contributed by atoms with van der Waals surface area (Å²) in [5.74, 6) is -0.393. The normalized spacial score (nSPS) is 21.3. The number of rotatable bonds is 8. The smallest absolute Gasteiger partial charge is 0.342 e. The van der Waals surface area contributed by atoms with Crippen LogP contribution in [-0.2, 0) is 23.7 Å². The molecule has 2 rings (SSSR count). The van der Waals surface area contributed by atoms with Crippen LogP contribution in [0.3, 0.4) is 0 Å². The molecule has 1 fully saturated rings. The van der Waals surface area contributed by atoms with E-state index in [1.807, 2.05) is 13.8 Å². The summed E-state index contributed by atoms with van der Waals surface area (Å²) in [4.78, 5) is 25.3. The van der Waals surface area contributed by atoms with Crippen LogP contribution in [0.2, 0.25) is 5.82 Å². The molecule has 172 valence electrons. The molecular weight excluding hydrogens is 401 g/mol. The molecule has 0 radical (unpaired) electrons. The lowest BCUT2D eigenvalue weighted by atomic mass is 9.49. The quantitative estimate of drug-likeness (QED) is 0.287. The van der Waals surface area contributed by atoms with Crippen molar-refractivity contribution in [2.75, 3.05) is 21.0 Å². The molecule has 2 unspecified atom stereocenters. The van der Waals surface area contributed by atoms with Crippen LogP contribution >= 0.6 is 0 Å². The Bertz CT molecular complexity index is 755. The fourth-order valence-electron chi connectivity index (χ4n) is 3.78. The highest BCUT2D eigenvalue weighted by molar-refractivity contribution is 6.56. The number of carbonyl (C=O) groups excluding carboxylic acids is 2. The van der Waals surface area contributed by atoms with Gasteiger partial charge in [0.15, 0.2) is 6.10 Å². The first-order valence-corrected chi connectivity index (χ1v) is 10.5. The summed E-state index contributed by atoms with van der Waals surface area (Å²) in [6, 6.07) is 4.68. The standard InChI is InChI=1S/C22H34BNO7/c1-13(2)11-14-18(20(25)31-21(26)22(3,4)5)30-19(23(14)29-12-24)17-15(27-6)9-8-10-16(17)28-7/h8-10,13-14,18-19H,11-12,24H2,1-7H3/t14?,18-,19?/m1/s1. The van der Waals surface area contributed by atoms with Gasteiger partial charge in [0.05, 0.1) is 37.9 Å². The van der Waals surface area contributed by atoms with Crippen LogP contribution in [0.15, 0.2) is 18.2 Å². The van der Waals surface area contributed by atoms with E-state index in [0.29, 0.717) is 23.5 Å². The van der Waals surface area contributed by atoms with E-state index in [2.05, 4.69) is 0 Å². The zero-order chi connectivity index (χ0) is 23.3. The van der Waals surface area contributed by atoms with E-state index in [4.69, 9.17) is 29.3 Å². The van der Waals surface area contributed by atoms with Crippen molar-refractivity contribution in [2.45, 2.75) is 59.0 Å². The lowest BCUT2D eigenvalue weighted by Gasteiger charge is -2.23. The zero-order valence-electron chi connectivity index (χ0n) is 19.5. The Morgan fingerprint density at radius 3 is 2.19 bits per heavy atom. The van der Waals surface area contributed by atoms with Crippen LogP contribution in [0.5, 0.6) is 11.5 Å². The van der Waals surface area contributed by atoms with Gasteiger partial charge in [-0.2, -0.15) is 0 Å². The Balaban J connectivity index is 2.49. The highest BCUT2D eigenvalue weighted by Gasteiger charge is 2.55. The van der Waals surface area contributed by atoms with E-state index in [0.717, 1.165) is 0 Å². The maximum atomic E-state index is 13.0. The monoisotopic (exact) mass is 435 g/mol. The lowest BCUT2D eigenvalue weighted by molar-refractivity contribution is -0.173. The van der Waals surface area contributed by atoms with Gasteiger partial charge in [0, 0.05) is 5.82 Å². The van der Waals surface area contributed by atoms with Crippen LogP contribution in [-0.4, -0.2) is 45.9 Å². The predicted octanol–water partition coefficient (Wildman–Crippen LogP) is 3.14. The minimum atomic E-state index is -0.995. The maximum Gasteiger partial charge on any atom is 0.342 e. The number of benzene rings is 1. The van der Waals surface area contributed by atoms with Crippen molar-refractivity contribution in [3.63, 3.8) is 0 Å². The molecule has 1 aromatic rings. The van der Waals surface area contributed by atoms with Gasteiger partial charge in [-0.25, -0.2) is 4.79 Å². The molecule has 31 heavy (non-hydrogen) atoms. The number of hydrogen-bond donors (Lipinski definition) is 1. The van der Waals surface area contributed by atoms with Gasteiger partial charge in [0.25, 0.3) is 0 Å². The van der Waals surface area contributed by atoms with Crippen molar-refractivity contribution in [1.82, 2.24) is 0 Å². The summed E-state index contributed by atoms with van der Waals surface area (Å²) in [5.41, 5.74) is 5.53. The Kier molecular flexibility index (Phi) is 8.51. The minimum absolute atomic E-state index is 0.0563. The minimum Gasteiger partial charge on any atom is -0.496 e. The Morgan fingerprint density at radius 2 is 1.74 bits per heavy atom. The van der Waals surface area contributed by atoms with Crippen LogP contribution in [0.4, 0.5) is 0 Å². The summed E-state index contributed by atoms with van der Waals surface area (Å²) < 4.78 is 28.3. The predicted molar refractivity (Wildman–Crippen MR) is 117 cm³/mol. The van der Waals surface area contributed by atoms with Crippen molar-refractivity contribution < 1.29 is 33.2 Å². The number of hydrogen-bond acceptors (Lipinski definition) is 8. The Morgan fingerprint density at radius 1 is 1.16 bits per heavy atom. The Labute approximate surface area is 184 Å². The molecule has 3 atom stereocenters. The van der Waals surface area contributed by atoms with E-state index >= 15 is 0 Å². The molecule has 1 heterocycles. The van der Waals surface area contributed by atoms with E-state index in [-0.39, 0.29) is 18.5 Å². The van der Waals surface area contributed by atoms with E-state index in [1.165, 1.54) is 0 Å². The molecule has 1 aliphatic heterocycles. The van der Waals surface area contributed by atoms with Gasteiger partial charge < -0.3 is 29.3 Å². The van der Waals surface area contributed by atoms with Gasteiger partial charge in [-0.1, -0.05) is 19.9 Å². The van der Waals surface area contributed by atoms with Crippen molar-refractivity contribution in [2.24, 2.45) is 17.1 Å². The third-order valence-corrected chi connectivity index (χ3v) is 5.22.